The first-order valence-corrected chi connectivity index (χ1v) is 8.14. The molecular formula is C20H22N2O2. The van der Waals surface area contributed by atoms with E-state index in [-0.39, 0.29) is 6.61 Å². The molecule has 0 amide bonds. The van der Waals surface area contributed by atoms with Gasteiger partial charge in [0.25, 0.3) is 0 Å². The molecule has 0 aliphatic carbocycles. The predicted molar refractivity (Wildman–Crippen MR) is 95.9 cm³/mol. The summed E-state index contributed by atoms with van der Waals surface area (Å²) in [4.78, 5) is 4.62. The van der Waals surface area contributed by atoms with Crippen LogP contribution in [0.3, 0.4) is 0 Å². The first-order valence-electron chi connectivity index (χ1n) is 8.14. The fourth-order valence-electron chi connectivity index (χ4n) is 3.00. The van der Waals surface area contributed by atoms with Gasteiger partial charge in [0.15, 0.2) is 0 Å². The van der Waals surface area contributed by atoms with E-state index in [1.165, 1.54) is 0 Å². The zero-order chi connectivity index (χ0) is 17.1. The molecule has 0 unspecified atom stereocenters. The summed E-state index contributed by atoms with van der Waals surface area (Å²) in [5.74, 6) is 0.335. The number of phenols is 1. The summed E-state index contributed by atoms with van der Waals surface area (Å²) in [6, 6.07) is 14.0. The lowest BCUT2D eigenvalue weighted by atomic mass is 10.00. The molecule has 0 aliphatic rings. The van der Waals surface area contributed by atoms with Crippen LogP contribution in [0.4, 0.5) is 0 Å². The van der Waals surface area contributed by atoms with Crippen LogP contribution in [0.1, 0.15) is 17.5 Å². The van der Waals surface area contributed by atoms with Crippen molar-refractivity contribution in [1.29, 1.82) is 0 Å². The maximum Gasteiger partial charge on any atom is 0.121 e. The number of hydrogen-bond donors (Lipinski definition) is 2. The number of aliphatic hydroxyl groups is 1. The average Bonchev–Trinajstić information content (AvgIpc) is 3.02. The summed E-state index contributed by atoms with van der Waals surface area (Å²) in [7, 11) is 0. The molecule has 1 aromatic heterocycles. The Balaban J connectivity index is 2.18. The molecule has 0 fully saturated rings. The van der Waals surface area contributed by atoms with Crippen LogP contribution in [0.2, 0.25) is 0 Å². The minimum absolute atomic E-state index is 0.145. The van der Waals surface area contributed by atoms with Crippen molar-refractivity contribution in [3.63, 3.8) is 0 Å². The highest BCUT2D eigenvalue weighted by atomic mass is 16.3. The molecule has 0 atom stereocenters. The Bertz CT molecular complexity index is 815. The van der Waals surface area contributed by atoms with Crippen molar-refractivity contribution in [2.75, 3.05) is 6.61 Å². The quantitative estimate of drug-likeness (QED) is 0.748. The number of aryl methyl sites for hydroxylation is 3. The van der Waals surface area contributed by atoms with Gasteiger partial charge < -0.3 is 14.8 Å². The molecule has 4 nitrogen and oxygen atoms in total. The lowest BCUT2D eigenvalue weighted by Gasteiger charge is -2.13. The van der Waals surface area contributed by atoms with Crippen LogP contribution in [0.5, 0.6) is 5.75 Å². The van der Waals surface area contributed by atoms with Crippen LogP contribution in [-0.2, 0) is 6.54 Å². The Labute approximate surface area is 142 Å². The van der Waals surface area contributed by atoms with Gasteiger partial charge in [-0.15, -0.1) is 0 Å². The molecule has 4 heteroatoms. The SMILES string of the molecule is Cc1cc(-c2c(-c3ccccc3)ncn2CCCO)cc(C)c1O. The summed E-state index contributed by atoms with van der Waals surface area (Å²) in [6.07, 6.45) is 2.50. The zero-order valence-corrected chi connectivity index (χ0v) is 14.0. The second kappa shape index (κ2) is 6.89. The number of nitrogens with zero attached hydrogens (tertiary/aromatic N) is 2. The Hall–Kier alpha value is -2.59. The first kappa shape index (κ1) is 16.3. The van der Waals surface area contributed by atoms with Crippen molar-refractivity contribution in [3.8, 4) is 28.3 Å². The van der Waals surface area contributed by atoms with E-state index >= 15 is 0 Å². The highest BCUT2D eigenvalue weighted by Crippen LogP contribution is 2.35. The monoisotopic (exact) mass is 322 g/mol. The van der Waals surface area contributed by atoms with Gasteiger partial charge >= 0.3 is 0 Å². The van der Waals surface area contributed by atoms with Crippen molar-refractivity contribution >= 4 is 0 Å². The summed E-state index contributed by atoms with van der Waals surface area (Å²) < 4.78 is 2.07. The Morgan fingerprint density at radius 2 is 1.67 bits per heavy atom. The standard InChI is InChI=1S/C20H22N2O2/c1-14-11-17(12-15(2)20(14)24)19-18(16-7-4-3-5-8-16)21-13-22(19)9-6-10-23/h3-5,7-8,11-13,23-24H,6,9-10H2,1-2H3. The summed E-state index contributed by atoms with van der Waals surface area (Å²) in [5, 5.41) is 19.2. The van der Waals surface area contributed by atoms with Crippen LogP contribution < -0.4 is 0 Å². The number of imidazole rings is 1. The maximum atomic E-state index is 10.1. The van der Waals surface area contributed by atoms with Gasteiger partial charge in [0, 0.05) is 24.3 Å². The van der Waals surface area contributed by atoms with Gasteiger partial charge in [-0.25, -0.2) is 4.98 Å². The number of aromatic hydroxyl groups is 1. The van der Waals surface area contributed by atoms with Gasteiger partial charge in [-0.05, 0) is 43.5 Å². The molecule has 0 spiro atoms. The maximum absolute atomic E-state index is 10.1. The minimum atomic E-state index is 0.145. The fourth-order valence-corrected chi connectivity index (χ4v) is 3.00. The van der Waals surface area contributed by atoms with Crippen molar-refractivity contribution in [3.05, 3.63) is 59.9 Å². The second-order valence-electron chi connectivity index (χ2n) is 6.04. The van der Waals surface area contributed by atoms with E-state index in [0.29, 0.717) is 18.7 Å². The van der Waals surface area contributed by atoms with E-state index in [0.717, 1.165) is 33.6 Å². The van der Waals surface area contributed by atoms with Crippen LogP contribution >= 0.6 is 0 Å². The van der Waals surface area contributed by atoms with E-state index in [4.69, 9.17) is 0 Å². The third kappa shape index (κ3) is 3.05. The molecular weight excluding hydrogens is 300 g/mol. The lowest BCUT2D eigenvalue weighted by molar-refractivity contribution is 0.280. The van der Waals surface area contributed by atoms with Crippen LogP contribution in [-0.4, -0.2) is 26.4 Å². The normalized spacial score (nSPS) is 11.0. The van der Waals surface area contributed by atoms with Crippen LogP contribution in [0.25, 0.3) is 22.5 Å². The molecule has 0 bridgehead atoms. The van der Waals surface area contributed by atoms with E-state index in [1.807, 2.05) is 62.6 Å². The Morgan fingerprint density at radius 1 is 1.00 bits per heavy atom. The topological polar surface area (TPSA) is 58.3 Å². The number of benzene rings is 2. The van der Waals surface area contributed by atoms with Gasteiger partial charge in [-0.3, -0.25) is 0 Å². The number of aromatic nitrogens is 2. The summed E-state index contributed by atoms with van der Waals surface area (Å²) in [5.41, 5.74) is 5.70. The number of rotatable bonds is 5. The molecule has 0 saturated heterocycles. The van der Waals surface area contributed by atoms with E-state index < -0.39 is 0 Å². The molecule has 124 valence electrons. The molecule has 3 aromatic rings. The van der Waals surface area contributed by atoms with Crippen molar-refractivity contribution in [2.24, 2.45) is 0 Å². The summed E-state index contributed by atoms with van der Waals surface area (Å²) >= 11 is 0. The third-order valence-corrected chi connectivity index (χ3v) is 4.21. The van der Waals surface area contributed by atoms with E-state index in [9.17, 15) is 10.2 Å². The van der Waals surface area contributed by atoms with Crippen LogP contribution in [0, 0.1) is 13.8 Å². The number of phenolic OH excluding ortho intramolecular Hbond substituents is 1. The molecule has 0 aliphatic heterocycles. The molecule has 0 saturated carbocycles. The number of aliphatic hydroxyl groups excluding tert-OH is 1. The molecule has 24 heavy (non-hydrogen) atoms. The first-order chi connectivity index (χ1) is 11.6. The largest absolute Gasteiger partial charge is 0.507 e. The lowest BCUT2D eigenvalue weighted by Crippen LogP contribution is -2.02. The van der Waals surface area contributed by atoms with Gasteiger partial charge in [0.05, 0.1) is 17.7 Å². The molecule has 2 aromatic carbocycles. The molecule has 3 rings (SSSR count). The molecule has 0 radical (unpaired) electrons. The molecule has 2 N–H and O–H groups in total. The highest BCUT2D eigenvalue weighted by molar-refractivity contribution is 5.79. The van der Waals surface area contributed by atoms with Crippen LogP contribution in [0.15, 0.2) is 48.8 Å². The van der Waals surface area contributed by atoms with Crippen molar-refractivity contribution < 1.29 is 10.2 Å². The highest BCUT2D eigenvalue weighted by Gasteiger charge is 2.16. The smallest absolute Gasteiger partial charge is 0.121 e. The fraction of sp³-hybridized carbons (Fsp3) is 0.250. The van der Waals surface area contributed by atoms with Gasteiger partial charge in [0.1, 0.15) is 5.75 Å². The Morgan fingerprint density at radius 3 is 2.29 bits per heavy atom. The summed E-state index contributed by atoms with van der Waals surface area (Å²) in [6.45, 7) is 4.65. The third-order valence-electron chi connectivity index (χ3n) is 4.21. The van der Waals surface area contributed by atoms with E-state index in [1.54, 1.807) is 0 Å². The van der Waals surface area contributed by atoms with Crippen molar-refractivity contribution in [2.45, 2.75) is 26.8 Å². The van der Waals surface area contributed by atoms with Gasteiger partial charge in [-0.2, -0.15) is 0 Å². The van der Waals surface area contributed by atoms with E-state index in [2.05, 4.69) is 9.55 Å². The number of hydrogen-bond acceptors (Lipinski definition) is 3. The van der Waals surface area contributed by atoms with Gasteiger partial charge in [0.2, 0.25) is 0 Å². The van der Waals surface area contributed by atoms with Gasteiger partial charge in [-0.1, -0.05) is 30.3 Å². The Kier molecular flexibility index (Phi) is 4.67. The average molecular weight is 322 g/mol. The molecule has 1 heterocycles. The predicted octanol–water partition coefficient (Wildman–Crippen LogP) is 3.92. The minimum Gasteiger partial charge on any atom is -0.507 e. The zero-order valence-electron chi connectivity index (χ0n) is 14.0. The van der Waals surface area contributed by atoms with Crippen molar-refractivity contribution in [1.82, 2.24) is 9.55 Å². The second-order valence-corrected chi connectivity index (χ2v) is 6.04.